The summed E-state index contributed by atoms with van der Waals surface area (Å²) in [4.78, 5) is 14.2. The quantitative estimate of drug-likeness (QED) is 0.717. The van der Waals surface area contributed by atoms with Crippen LogP contribution in [0.5, 0.6) is 5.75 Å². The minimum absolute atomic E-state index is 0.0382. The topological polar surface area (TPSA) is 67.6 Å². The van der Waals surface area contributed by atoms with Gasteiger partial charge in [-0.25, -0.2) is 0 Å². The summed E-state index contributed by atoms with van der Waals surface area (Å²) in [5, 5.41) is 2.85. The van der Waals surface area contributed by atoms with Crippen molar-refractivity contribution >= 4 is 17.3 Å². The summed E-state index contributed by atoms with van der Waals surface area (Å²) in [6.45, 7) is 6.48. The molecule has 5 heteroatoms. The third kappa shape index (κ3) is 5.09. The van der Waals surface area contributed by atoms with Gasteiger partial charge in [-0.1, -0.05) is 13.8 Å². The van der Waals surface area contributed by atoms with Crippen LogP contribution in [-0.2, 0) is 4.79 Å². The number of methoxy groups -OCH3 is 1. The number of carbonyl (C=O) groups is 1. The van der Waals surface area contributed by atoms with Crippen molar-refractivity contribution in [3.8, 4) is 5.75 Å². The van der Waals surface area contributed by atoms with Gasteiger partial charge in [0.05, 0.1) is 25.0 Å². The van der Waals surface area contributed by atoms with Crippen LogP contribution in [0, 0.1) is 0 Å². The highest BCUT2D eigenvalue weighted by Gasteiger charge is 2.11. The van der Waals surface area contributed by atoms with E-state index in [1.54, 1.807) is 25.3 Å². The number of hydrogen-bond donors (Lipinski definition) is 2. The van der Waals surface area contributed by atoms with E-state index in [0.717, 1.165) is 25.9 Å². The van der Waals surface area contributed by atoms with E-state index in [9.17, 15) is 4.79 Å². The molecule has 0 aliphatic rings. The van der Waals surface area contributed by atoms with Gasteiger partial charge in [-0.15, -0.1) is 0 Å². The first kappa shape index (κ1) is 16.3. The Morgan fingerprint density at radius 1 is 1.30 bits per heavy atom. The largest absolute Gasteiger partial charge is 0.497 e. The van der Waals surface area contributed by atoms with Gasteiger partial charge < -0.3 is 15.8 Å². The molecule has 0 aliphatic heterocycles. The van der Waals surface area contributed by atoms with Crippen molar-refractivity contribution in [1.29, 1.82) is 0 Å². The van der Waals surface area contributed by atoms with Crippen LogP contribution in [0.1, 0.15) is 26.7 Å². The highest BCUT2D eigenvalue weighted by atomic mass is 16.5. The number of anilines is 2. The van der Waals surface area contributed by atoms with Crippen LogP contribution in [0.2, 0.25) is 0 Å². The first-order valence-electron chi connectivity index (χ1n) is 7.06. The second-order valence-electron chi connectivity index (χ2n) is 4.78. The molecule has 1 aromatic carbocycles. The van der Waals surface area contributed by atoms with E-state index in [4.69, 9.17) is 10.5 Å². The Morgan fingerprint density at radius 2 is 1.95 bits per heavy atom. The van der Waals surface area contributed by atoms with E-state index in [1.165, 1.54) is 0 Å². The average molecular weight is 279 g/mol. The predicted octanol–water partition coefficient (Wildman–Crippen LogP) is 2.34. The molecule has 1 rings (SSSR count). The summed E-state index contributed by atoms with van der Waals surface area (Å²) in [5.41, 5.74) is 7.02. The number of ether oxygens (including phenoxy) is 1. The molecule has 0 bridgehead atoms. The fourth-order valence-corrected chi connectivity index (χ4v) is 2.08. The Balaban J connectivity index is 2.61. The lowest BCUT2D eigenvalue weighted by atomic mass is 10.2. The summed E-state index contributed by atoms with van der Waals surface area (Å²) >= 11 is 0. The van der Waals surface area contributed by atoms with Crippen LogP contribution < -0.4 is 15.8 Å². The summed E-state index contributed by atoms with van der Waals surface area (Å²) < 4.78 is 5.08. The van der Waals surface area contributed by atoms with Crippen LogP contribution >= 0.6 is 0 Å². The molecule has 0 fully saturated rings. The number of benzene rings is 1. The zero-order valence-corrected chi connectivity index (χ0v) is 12.6. The number of nitrogens with two attached hydrogens (primary N) is 1. The molecule has 0 aliphatic carbocycles. The van der Waals surface area contributed by atoms with Crippen molar-refractivity contribution in [3.63, 3.8) is 0 Å². The molecule has 5 nitrogen and oxygen atoms in total. The van der Waals surface area contributed by atoms with Crippen LogP contribution in [0.15, 0.2) is 18.2 Å². The molecule has 0 unspecified atom stereocenters. The fraction of sp³-hybridized carbons (Fsp3) is 0.533. The van der Waals surface area contributed by atoms with Crippen molar-refractivity contribution in [2.45, 2.75) is 26.7 Å². The van der Waals surface area contributed by atoms with E-state index in [0.29, 0.717) is 23.7 Å². The van der Waals surface area contributed by atoms with Gasteiger partial charge in [-0.2, -0.15) is 0 Å². The Hall–Kier alpha value is -1.75. The summed E-state index contributed by atoms with van der Waals surface area (Å²) in [7, 11) is 1.58. The van der Waals surface area contributed by atoms with E-state index < -0.39 is 0 Å². The number of amides is 1. The van der Waals surface area contributed by atoms with Gasteiger partial charge in [0.2, 0.25) is 5.91 Å². The number of rotatable bonds is 8. The third-order valence-corrected chi connectivity index (χ3v) is 2.98. The van der Waals surface area contributed by atoms with Crippen LogP contribution in [0.3, 0.4) is 0 Å². The highest BCUT2D eigenvalue weighted by Crippen LogP contribution is 2.23. The lowest BCUT2D eigenvalue weighted by Crippen LogP contribution is -2.34. The predicted molar refractivity (Wildman–Crippen MR) is 83.1 cm³/mol. The smallest absolute Gasteiger partial charge is 0.238 e. The molecular weight excluding hydrogens is 254 g/mol. The molecule has 0 saturated heterocycles. The normalized spacial score (nSPS) is 10.6. The number of nitrogens with zero attached hydrogens (tertiary/aromatic N) is 1. The Labute approximate surface area is 121 Å². The van der Waals surface area contributed by atoms with E-state index in [1.807, 2.05) is 0 Å². The zero-order chi connectivity index (χ0) is 15.0. The maximum atomic E-state index is 12.0. The molecule has 20 heavy (non-hydrogen) atoms. The number of carbonyl (C=O) groups excluding carboxylic acids is 1. The van der Waals surface area contributed by atoms with Gasteiger partial charge in [0.15, 0.2) is 0 Å². The van der Waals surface area contributed by atoms with E-state index in [-0.39, 0.29) is 5.91 Å². The second kappa shape index (κ2) is 8.43. The van der Waals surface area contributed by atoms with Gasteiger partial charge in [0.1, 0.15) is 5.75 Å². The summed E-state index contributed by atoms with van der Waals surface area (Å²) in [5.74, 6) is 0.642. The Kier molecular flexibility index (Phi) is 6.87. The van der Waals surface area contributed by atoms with Crippen LogP contribution in [0.4, 0.5) is 11.4 Å². The Morgan fingerprint density at radius 3 is 2.45 bits per heavy atom. The summed E-state index contributed by atoms with van der Waals surface area (Å²) in [6.07, 6.45) is 2.08. The number of hydrogen-bond acceptors (Lipinski definition) is 4. The molecule has 3 N–H and O–H groups in total. The molecular formula is C15H25N3O2. The van der Waals surface area contributed by atoms with Crippen molar-refractivity contribution in [1.82, 2.24) is 4.90 Å². The molecule has 0 spiro atoms. The molecule has 0 heterocycles. The van der Waals surface area contributed by atoms with Crippen molar-refractivity contribution in [2.24, 2.45) is 0 Å². The minimum Gasteiger partial charge on any atom is -0.497 e. The monoisotopic (exact) mass is 279 g/mol. The highest BCUT2D eigenvalue weighted by molar-refractivity contribution is 5.95. The zero-order valence-electron chi connectivity index (χ0n) is 12.6. The number of nitrogens with one attached hydrogen (secondary N) is 1. The first-order chi connectivity index (χ1) is 9.60. The fourth-order valence-electron chi connectivity index (χ4n) is 2.08. The van der Waals surface area contributed by atoms with Crippen molar-refractivity contribution < 1.29 is 9.53 Å². The maximum absolute atomic E-state index is 12.0. The minimum atomic E-state index is -0.0382. The van der Waals surface area contributed by atoms with Crippen LogP contribution in [-0.4, -0.2) is 37.6 Å². The summed E-state index contributed by atoms with van der Waals surface area (Å²) in [6, 6.07) is 5.24. The van der Waals surface area contributed by atoms with Gasteiger partial charge >= 0.3 is 0 Å². The molecule has 1 aromatic rings. The average Bonchev–Trinajstić information content (AvgIpc) is 2.41. The van der Waals surface area contributed by atoms with E-state index >= 15 is 0 Å². The lowest BCUT2D eigenvalue weighted by molar-refractivity contribution is -0.117. The standard InChI is InChI=1S/C15H25N3O2/c1-4-8-18(9-5-2)11-15(19)17-14-7-6-12(20-3)10-13(14)16/h6-7,10H,4-5,8-9,11,16H2,1-3H3,(H,17,19). The first-order valence-corrected chi connectivity index (χ1v) is 7.06. The second-order valence-corrected chi connectivity index (χ2v) is 4.78. The van der Waals surface area contributed by atoms with E-state index in [2.05, 4.69) is 24.1 Å². The Bertz CT molecular complexity index is 429. The SMILES string of the molecule is CCCN(CCC)CC(=O)Nc1ccc(OC)cc1N. The number of nitrogen functional groups attached to an aromatic ring is 1. The van der Waals surface area contributed by atoms with Gasteiger partial charge in [0.25, 0.3) is 0 Å². The lowest BCUT2D eigenvalue weighted by Gasteiger charge is -2.20. The third-order valence-electron chi connectivity index (χ3n) is 2.98. The molecule has 0 atom stereocenters. The van der Waals surface area contributed by atoms with Crippen LogP contribution in [0.25, 0.3) is 0 Å². The molecule has 0 aromatic heterocycles. The van der Waals surface area contributed by atoms with Gasteiger partial charge in [0, 0.05) is 6.07 Å². The maximum Gasteiger partial charge on any atom is 0.238 e. The molecule has 0 radical (unpaired) electrons. The molecule has 0 saturated carbocycles. The van der Waals surface area contributed by atoms with Gasteiger partial charge in [-0.05, 0) is 38.1 Å². The molecule has 112 valence electrons. The molecule has 1 amide bonds. The van der Waals surface area contributed by atoms with Gasteiger partial charge in [-0.3, -0.25) is 9.69 Å². The van der Waals surface area contributed by atoms with Crippen molar-refractivity contribution in [2.75, 3.05) is 37.8 Å². The van der Waals surface area contributed by atoms with Crippen molar-refractivity contribution in [3.05, 3.63) is 18.2 Å².